The van der Waals surface area contributed by atoms with Gasteiger partial charge in [-0.05, 0) is 31.9 Å². The topological polar surface area (TPSA) is 29.1 Å². The fourth-order valence-electron chi connectivity index (χ4n) is 1.46. The molecule has 0 radical (unpaired) electrons. The van der Waals surface area contributed by atoms with Crippen LogP contribution in [0.1, 0.15) is 30.1 Å². The molecule has 1 atom stereocenters. The summed E-state index contributed by atoms with van der Waals surface area (Å²) in [4.78, 5) is 11.7. The van der Waals surface area contributed by atoms with Crippen molar-refractivity contribution in [2.75, 3.05) is 5.33 Å². The van der Waals surface area contributed by atoms with Crippen molar-refractivity contribution in [3.63, 3.8) is 0 Å². The molecular formula is C12H13BrF3NO. The molecule has 1 rings (SSSR count). The molecule has 0 saturated carbocycles. The SMILES string of the molecule is CC(CCCBr)NC(=O)c1ccc(F)c(F)c1F. The zero-order chi connectivity index (χ0) is 13.7. The summed E-state index contributed by atoms with van der Waals surface area (Å²) in [6, 6.07) is 1.50. The molecule has 6 heteroatoms. The van der Waals surface area contributed by atoms with Crippen molar-refractivity contribution in [3.8, 4) is 0 Å². The van der Waals surface area contributed by atoms with Crippen molar-refractivity contribution in [1.29, 1.82) is 0 Å². The van der Waals surface area contributed by atoms with Crippen LogP contribution in [-0.2, 0) is 0 Å². The summed E-state index contributed by atoms with van der Waals surface area (Å²) in [6.45, 7) is 1.76. The van der Waals surface area contributed by atoms with Gasteiger partial charge in [-0.2, -0.15) is 0 Å². The average Bonchev–Trinajstić information content (AvgIpc) is 2.33. The van der Waals surface area contributed by atoms with Crippen molar-refractivity contribution in [1.82, 2.24) is 5.32 Å². The lowest BCUT2D eigenvalue weighted by molar-refractivity contribution is 0.0933. The molecule has 1 amide bonds. The van der Waals surface area contributed by atoms with E-state index in [-0.39, 0.29) is 6.04 Å². The number of rotatable bonds is 5. The first-order chi connectivity index (χ1) is 8.47. The third kappa shape index (κ3) is 3.73. The number of benzene rings is 1. The molecule has 18 heavy (non-hydrogen) atoms. The second-order valence-corrected chi connectivity index (χ2v) is 4.72. The highest BCUT2D eigenvalue weighted by Crippen LogP contribution is 2.15. The highest BCUT2D eigenvalue weighted by molar-refractivity contribution is 9.09. The van der Waals surface area contributed by atoms with E-state index in [1.54, 1.807) is 6.92 Å². The first-order valence-electron chi connectivity index (χ1n) is 5.47. The number of halogens is 4. The van der Waals surface area contributed by atoms with Gasteiger partial charge in [0.2, 0.25) is 0 Å². The Morgan fingerprint density at radius 2 is 2.00 bits per heavy atom. The number of alkyl halides is 1. The van der Waals surface area contributed by atoms with Gasteiger partial charge in [0.15, 0.2) is 17.5 Å². The first-order valence-corrected chi connectivity index (χ1v) is 6.59. The van der Waals surface area contributed by atoms with Gasteiger partial charge in [-0.25, -0.2) is 13.2 Å². The van der Waals surface area contributed by atoms with Crippen LogP contribution in [0.4, 0.5) is 13.2 Å². The molecule has 0 heterocycles. The fraction of sp³-hybridized carbons (Fsp3) is 0.417. The minimum absolute atomic E-state index is 0.164. The number of nitrogens with one attached hydrogen (secondary N) is 1. The van der Waals surface area contributed by atoms with Gasteiger partial charge in [0.25, 0.3) is 5.91 Å². The molecule has 1 aromatic carbocycles. The van der Waals surface area contributed by atoms with Crippen LogP contribution in [0.2, 0.25) is 0 Å². The number of carbonyl (C=O) groups is 1. The number of hydrogen-bond acceptors (Lipinski definition) is 1. The van der Waals surface area contributed by atoms with Crippen LogP contribution in [0, 0.1) is 17.5 Å². The van der Waals surface area contributed by atoms with Gasteiger partial charge < -0.3 is 5.32 Å². The van der Waals surface area contributed by atoms with Crippen LogP contribution in [0.25, 0.3) is 0 Å². The predicted octanol–water partition coefficient (Wildman–Crippen LogP) is 3.40. The quantitative estimate of drug-likeness (QED) is 0.653. The highest BCUT2D eigenvalue weighted by Gasteiger charge is 2.19. The summed E-state index contributed by atoms with van der Waals surface area (Å²) < 4.78 is 39.0. The second kappa shape index (κ2) is 6.78. The number of hydrogen-bond donors (Lipinski definition) is 1. The molecule has 0 fully saturated rings. The van der Waals surface area contributed by atoms with Gasteiger partial charge in [-0.3, -0.25) is 4.79 Å². The van der Waals surface area contributed by atoms with Crippen molar-refractivity contribution < 1.29 is 18.0 Å². The van der Waals surface area contributed by atoms with Crippen LogP contribution in [0.3, 0.4) is 0 Å². The highest BCUT2D eigenvalue weighted by atomic mass is 79.9. The van der Waals surface area contributed by atoms with Gasteiger partial charge in [-0.1, -0.05) is 15.9 Å². The van der Waals surface area contributed by atoms with E-state index < -0.39 is 28.9 Å². The molecule has 0 saturated heterocycles. The van der Waals surface area contributed by atoms with Gasteiger partial charge in [0.1, 0.15) is 0 Å². The molecule has 0 spiro atoms. The third-order valence-corrected chi connectivity index (χ3v) is 2.99. The minimum atomic E-state index is -1.63. The van der Waals surface area contributed by atoms with E-state index >= 15 is 0 Å². The van der Waals surface area contributed by atoms with E-state index in [1.165, 1.54) is 0 Å². The summed E-state index contributed by atoms with van der Waals surface area (Å²) in [5.74, 6) is -5.14. The summed E-state index contributed by atoms with van der Waals surface area (Å²) >= 11 is 3.25. The van der Waals surface area contributed by atoms with Gasteiger partial charge in [0.05, 0.1) is 5.56 Å². The molecule has 0 aliphatic heterocycles. The Kier molecular flexibility index (Phi) is 5.65. The Morgan fingerprint density at radius 1 is 1.33 bits per heavy atom. The standard InChI is InChI=1S/C12H13BrF3NO/c1-7(3-2-6-13)17-12(18)8-4-5-9(14)11(16)10(8)15/h4-5,7H,2-3,6H2,1H3,(H,17,18). The molecule has 1 N–H and O–H groups in total. The van der Waals surface area contributed by atoms with Crippen LogP contribution in [0.15, 0.2) is 12.1 Å². The Balaban J connectivity index is 2.76. The number of amides is 1. The summed E-state index contributed by atoms with van der Waals surface area (Å²) in [5, 5.41) is 3.33. The molecule has 100 valence electrons. The molecule has 0 bridgehead atoms. The zero-order valence-corrected chi connectivity index (χ0v) is 11.4. The van der Waals surface area contributed by atoms with Crippen LogP contribution in [-0.4, -0.2) is 17.3 Å². The van der Waals surface area contributed by atoms with E-state index in [0.29, 0.717) is 6.42 Å². The van der Waals surface area contributed by atoms with Crippen LogP contribution >= 0.6 is 15.9 Å². The van der Waals surface area contributed by atoms with Gasteiger partial charge in [-0.15, -0.1) is 0 Å². The van der Waals surface area contributed by atoms with E-state index in [9.17, 15) is 18.0 Å². The van der Waals surface area contributed by atoms with Gasteiger partial charge >= 0.3 is 0 Å². The fourth-order valence-corrected chi connectivity index (χ4v) is 1.78. The molecule has 0 aliphatic rings. The Morgan fingerprint density at radius 3 is 2.61 bits per heavy atom. The molecule has 1 unspecified atom stereocenters. The number of carbonyl (C=O) groups excluding carboxylic acids is 1. The Hall–Kier alpha value is -1.04. The second-order valence-electron chi connectivity index (χ2n) is 3.93. The lowest BCUT2D eigenvalue weighted by atomic mass is 10.1. The van der Waals surface area contributed by atoms with Crippen molar-refractivity contribution in [2.24, 2.45) is 0 Å². The Labute approximate surface area is 112 Å². The predicted molar refractivity (Wildman–Crippen MR) is 66.3 cm³/mol. The molecule has 0 aliphatic carbocycles. The normalized spacial score (nSPS) is 12.3. The van der Waals surface area contributed by atoms with E-state index in [4.69, 9.17) is 0 Å². The lowest BCUT2D eigenvalue weighted by Gasteiger charge is -2.13. The molecular weight excluding hydrogens is 311 g/mol. The van der Waals surface area contributed by atoms with E-state index in [2.05, 4.69) is 21.2 Å². The summed E-state index contributed by atoms with van der Waals surface area (Å²) in [5.41, 5.74) is -0.486. The zero-order valence-electron chi connectivity index (χ0n) is 9.77. The first kappa shape index (κ1) is 15.0. The smallest absolute Gasteiger partial charge is 0.254 e. The average molecular weight is 324 g/mol. The largest absolute Gasteiger partial charge is 0.349 e. The monoisotopic (exact) mass is 323 g/mol. The maximum atomic E-state index is 13.3. The summed E-state index contributed by atoms with van der Waals surface area (Å²) in [7, 11) is 0. The minimum Gasteiger partial charge on any atom is -0.349 e. The molecule has 0 aromatic heterocycles. The molecule has 1 aromatic rings. The maximum absolute atomic E-state index is 13.3. The van der Waals surface area contributed by atoms with Crippen LogP contribution < -0.4 is 5.32 Å². The van der Waals surface area contributed by atoms with Crippen molar-refractivity contribution >= 4 is 21.8 Å². The molecule has 2 nitrogen and oxygen atoms in total. The maximum Gasteiger partial charge on any atom is 0.254 e. The van der Waals surface area contributed by atoms with Crippen molar-refractivity contribution in [2.45, 2.75) is 25.8 Å². The van der Waals surface area contributed by atoms with Crippen molar-refractivity contribution in [3.05, 3.63) is 35.1 Å². The summed E-state index contributed by atoms with van der Waals surface area (Å²) in [6.07, 6.45) is 1.56. The van der Waals surface area contributed by atoms with Gasteiger partial charge in [0, 0.05) is 11.4 Å². The van der Waals surface area contributed by atoms with E-state index in [1.807, 2.05) is 0 Å². The van der Waals surface area contributed by atoms with Crippen LogP contribution in [0.5, 0.6) is 0 Å². The van der Waals surface area contributed by atoms with E-state index in [0.717, 1.165) is 23.9 Å². The third-order valence-electron chi connectivity index (χ3n) is 2.43. The lowest BCUT2D eigenvalue weighted by Crippen LogP contribution is -2.33. The Bertz CT molecular complexity index is 440.